The van der Waals surface area contributed by atoms with Gasteiger partial charge < -0.3 is 8.83 Å². The largest absolute Gasteiger partial charge is 0.456 e. The quantitative estimate of drug-likeness (QED) is 0.246. The van der Waals surface area contributed by atoms with Crippen LogP contribution in [0.15, 0.2) is 80.0 Å². The molecule has 2 aromatic heterocycles. The van der Waals surface area contributed by atoms with Crippen LogP contribution in [-0.4, -0.2) is 5.78 Å². The lowest BCUT2D eigenvalue weighted by molar-refractivity contribution is 0.104. The molecule has 0 unspecified atom stereocenters. The normalized spacial score (nSPS) is 13.1. The molecule has 0 aliphatic heterocycles. The van der Waals surface area contributed by atoms with Gasteiger partial charge in [0.25, 0.3) is 0 Å². The number of para-hydroxylation sites is 2. The van der Waals surface area contributed by atoms with Gasteiger partial charge in [-0.15, -0.1) is 0 Å². The van der Waals surface area contributed by atoms with Gasteiger partial charge in [0.1, 0.15) is 22.3 Å². The zero-order valence-electron chi connectivity index (χ0n) is 15.0. The SMILES string of the molecule is O=C1c2cc(Br)c3c(oc4ccccc43)c2-c2c1ccc1oc3ccccc3c21. The average Bonchev–Trinajstić information content (AvgIpc) is 3.38. The lowest BCUT2D eigenvalue weighted by Gasteiger charge is -2.05. The number of hydrogen-bond acceptors (Lipinski definition) is 3. The first-order chi connectivity index (χ1) is 14.2. The molecule has 0 saturated heterocycles. The molecule has 6 aromatic rings. The zero-order chi connectivity index (χ0) is 19.3. The van der Waals surface area contributed by atoms with Gasteiger partial charge in [0, 0.05) is 48.3 Å². The molecule has 0 saturated carbocycles. The highest BCUT2D eigenvalue weighted by atomic mass is 79.9. The molecule has 29 heavy (non-hydrogen) atoms. The van der Waals surface area contributed by atoms with Crippen LogP contribution in [0.1, 0.15) is 15.9 Å². The van der Waals surface area contributed by atoms with E-state index in [0.717, 1.165) is 59.5 Å². The molecule has 0 atom stereocenters. The van der Waals surface area contributed by atoms with Crippen molar-refractivity contribution in [3.05, 3.63) is 82.3 Å². The Hall–Kier alpha value is -3.37. The topological polar surface area (TPSA) is 43.4 Å². The van der Waals surface area contributed by atoms with E-state index in [1.54, 1.807) is 0 Å². The van der Waals surface area contributed by atoms with Crippen molar-refractivity contribution < 1.29 is 13.6 Å². The summed E-state index contributed by atoms with van der Waals surface area (Å²) in [5.74, 6) is 0.0187. The van der Waals surface area contributed by atoms with E-state index in [-0.39, 0.29) is 5.78 Å². The van der Waals surface area contributed by atoms with Crippen molar-refractivity contribution in [2.45, 2.75) is 0 Å². The van der Waals surface area contributed by atoms with Crippen LogP contribution in [0, 0.1) is 0 Å². The summed E-state index contributed by atoms with van der Waals surface area (Å²) in [4.78, 5) is 13.3. The van der Waals surface area contributed by atoms with E-state index < -0.39 is 0 Å². The van der Waals surface area contributed by atoms with E-state index in [0.29, 0.717) is 11.1 Å². The molecule has 1 aliphatic rings. The lowest BCUT2D eigenvalue weighted by atomic mass is 9.97. The smallest absolute Gasteiger partial charge is 0.194 e. The van der Waals surface area contributed by atoms with Crippen LogP contribution < -0.4 is 0 Å². The van der Waals surface area contributed by atoms with Crippen LogP contribution in [0.2, 0.25) is 0 Å². The Morgan fingerprint density at radius 3 is 2.14 bits per heavy atom. The first-order valence-corrected chi connectivity index (χ1v) is 10.1. The van der Waals surface area contributed by atoms with Crippen LogP contribution in [0.25, 0.3) is 55.0 Å². The Labute approximate surface area is 172 Å². The van der Waals surface area contributed by atoms with Gasteiger partial charge in [0.15, 0.2) is 5.78 Å². The van der Waals surface area contributed by atoms with E-state index in [1.807, 2.05) is 66.7 Å². The summed E-state index contributed by atoms with van der Waals surface area (Å²) in [6.07, 6.45) is 0. The lowest BCUT2D eigenvalue weighted by Crippen LogP contribution is -1.94. The number of rotatable bonds is 0. The monoisotopic (exact) mass is 438 g/mol. The number of halogens is 1. The maximum absolute atomic E-state index is 13.3. The van der Waals surface area contributed by atoms with Crippen LogP contribution in [0.4, 0.5) is 0 Å². The van der Waals surface area contributed by atoms with E-state index in [1.165, 1.54) is 0 Å². The van der Waals surface area contributed by atoms with Gasteiger partial charge in [-0.1, -0.05) is 36.4 Å². The van der Waals surface area contributed by atoms with Crippen LogP contribution in [0.5, 0.6) is 0 Å². The van der Waals surface area contributed by atoms with E-state index >= 15 is 0 Å². The number of ketones is 1. The van der Waals surface area contributed by atoms with Gasteiger partial charge in [-0.05, 0) is 46.3 Å². The molecule has 0 fully saturated rings. The van der Waals surface area contributed by atoms with Crippen molar-refractivity contribution in [1.82, 2.24) is 0 Å². The minimum absolute atomic E-state index is 0.0187. The summed E-state index contributed by atoms with van der Waals surface area (Å²) >= 11 is 3.67. The molecule has 3 nitrogen and oxygen atoms in total. The molecule has 136 valence electrons. The fourth-order valence-electron chi connectivity index (χ4n) is 4.69. The predicted molar refractivity (Wildman–Crippen MR) is 118 cm³/mol. The van der Waals surface area contributed by atoms with Crippen molar-refractivity contribution in [3.8, 4) is 11.1 Å². The highest BCUT2D eigenvalue weighted by Gasteiger charge is 2.34. The summed E-state index contributed by atoms with van der Waals surface area (Å²) in [7, 11) is 0. The average molecular weight is 439 g/mol. The molecule has 4 heteroatoms. The molecule has 2 heterocycles. The van der Waals surface area contributed by atoms with Gasteiger partial charge in [-0.3, -0.25) is 4.79 Å². The Balaban J connectivity index is 1.76. The highest BCUT2D eigenvalue weighted by Crippen LogP contribution is 2.50. The first-order valence-electron chi connectivity index (χ1n) is 9.35. The molecule has 1 aliphatic carbocycles. The fraction of sp³-hybridized carbons (Fsp3) is 0. The van der Waals surface area contributed by atoms with E-state index in [2.05, 4.69) is 15.9 Å². The molecule has 7 rings (SSSR count). The standard InChI is InChI=1S/C25H11BrO3/c26-16-11-15-23(25-20(16)12-5-1-4-8-18(12)29-25)22-14(24(15)27)9-10-19-21(22)13-6-2-3-7-17(13)28-19/h1-11H. The van der Waals surface area contributed by atoms with Crippen molar-refractivity contribution in [1.29, 1.82) is 0 Å². The maximum Gasteiger partial charge on any atom is 0.194 e. The number of hydrogen-bond donors (Lipinski definition) is 0. The summed E-state index contributed by atoms with van der Waals surface area (Å²) in [5.41, 5.74) is 6.26. The summed E-state index contributed by atoms with van der Waals surface area (Å²) < 4.78 is 13.2. The fourth-order valence-corrected chi connectivity index (χ4v) is 5.31. The number of furan rings is 2. The molecule has 0 spiro atoms. The second kappa shape index (κ2) is 5.16. The Kier molecular flexibility index (Phi) is 2.76. The van der Waals surface area contributed by atoms with Crippen molar-refractivity contribution in [3.63, 3.8) is 0 Å². The number of fused-ring (bicyclic) bond motifs is 11. The number of benzene rings is 4. The van der Waals surface area contributed by atoms with Gasteiger partial charge in [0.05, 0.1) is 0 Å². The molecular formula is C25H11BrO3. The van der Waals surface area contributed by atoms with Gasteiger partial charge in [0.2, 0.25) is 0 Å². The van der Waals surface area contributed by atoms with Gasteiger partial charge in [-0.2, -0.15) is 0 Å². The van der Waals surface area contributed by atoms with Crippen molar-refractivity contribution in [2.24, 2.45) is 0 Å². The minimum Gasteiger partial charge on any atom is -0.456 e. The summed E-state index contributed by atoms with van der Waals surface area (Å²) in [5, 5.41) is 3.99. The van der Waals surface area contributed by atoms with Gasteiger partial charge >= 0.3 is 0 Å². The minimum atomic E-state index is 0.0187. The second-order valence-corrected chi connectivity index (χ2v) is 8.23. The predicted octanol–water partition coefficient (Wildman–Crippen LogP) is 7.46. The van der Waals surface area contributed by atoms with Crippen molar-refractivity contribution >= 4 is 65.6 Å². The molecule has 0 radical (unpaired) electrons. The first kappa shape index (κ1) is 15.5. The number of carbonyl (C=O) groups is 1. The van der Waals surface area contributed by atoms with Crippen molar-refractivity contribution in [2.75, 3.05) is 0 Å². The van der Waals surface area contributed by atoms with Crippen LogP contribution in [-0.2, 0) is 0 Å². The summed E-state index contributed by atoms with van der Waals surface area (Å²) in [6, 6.07) is 21.6. The third kappa shape index (κ3) is 1.80. The third-order valence-corrected chi connectivity index (χ3v) is 6.51. The Morgan fingerprint density at radius 2 is 1.34 bits per heavy atom. The van der Waals surface area contributed by atoms with Crippen LogP contribution in [0.3, 0.4) is 0 Å². The molecular weight excluding hydrogens is 428 g/mol. The Bertz CT molecular complexity index is 1680. The van der Waals surface area contributed by atoms with Gasteiger partial charge in [-0.25, -0.2) is 0 Å². The van der Waals surface area contributed by atoms with E-state index in [4.69, 9.17) is 8.83 Å². The maximum atomic E-state index is 13.3. The van der Waals surface area contributed by atoms with E-state index in [9.17, 15) is 4.79 Å². The molecule has 0 bridgehead atoms. The molecule has 0 N–H and O–H groups in total. The zero-order valence-corrected chi connectivity index (χ0v) is 16.5. The third-order valence-electron chi connectivity index (χ3n) is 5.88. The summed E-state index contributed by atoms with van der Waals surface area (Å²) in [6.45, 7) is 0. The second-order valence-electron chi connectivity index (χ2n) is 7.37. The highest BCUT2D eigenvalue weighted by molar-refractivity contribution is 9.10. The molecule has 4 aromatic carbocycles. The van der Waals surface area contributed by atoms with Crippen LogP contribution >= 0.6 is 15.9 Å². The molecule has 0 amide bonds. The Morgan fingerprint density at radius 1 is 0.655 bits per heavy atom. The number of carbonyl (C=O) groups excluding carboxylic acids is 1.